The monoisotopic (exact) mass is 370 g/mol. The molecule has 0 saturated carbocycles. The topological polar surface area (TPSA) is 49.9 Å². The molecular formula is C17H20Cl2N2O3. The number of amides is 1. The van der Waals surface area contributed by atoms with Gasteiger partial charge in [-0.05, 0) is 25.1 Å². The van der Waals surface area contributed by atoms with Crippen LogP contribution in [0.2, 0.25) is 10.0 Å². The Hall–Kier alpha value is -1.56. The fourth-order valence-electron chi connectivity index (χ4n) is 2.36. The molecule has 24 heavy (non-hydrogen) atoms. The summed E-state index contributed by atoms with van der Waals surface area (Å²) in [6.45, 7) is 8.38. The quantitative estimate of drug-likeness (QED) is 0.722. The van der Waals surface area contributed by atoms with Crippen molar-refractivity contribution >= 4 is 34.9 Å². The van der Waals surface area contributed by atoms with Crippen LogP contribution in [0.3, 0.4) is 0 Å². The van der Waals surface area contributed by atoms with Gasteiger partial charge in [-0.1, -0.05) is 29.8 Å². The second-order valence-electron chi connectivity index (χ2n) is 5.68. The third kappa shape index (κ3) is 5.23. The molecule has 0 bridgehead atoms. The SMILES string of the molecule is C=C(CN1CCN(C(=O)COc2ccc(Cl)cc2Cl)CC1)C(C)=O. The third-order valence-electron chi connectivity index (χ3n) is 3.88. The fourth-order valence-corrected chi connectivity index (χ4v) is 2.82. The highest BCUT2D eigenvalue weighted by atomic mass is 35.5. The van der Waals surface area contributed by atoms with Crippen molar-refractivity contribution in [2.45, 2.75) is 6.92 Å². The second-order valence-corrected chi connectivity index (χ2v) is 6.52. The summed E-state index contributed by atoms with van der Waals surface area (Å²) >= 11 is 11.8. The smallest absolute Gasteiger partial charge is 0.260 e. The summed E-state index contributed by atoms with van der Waals surface area (Å²) in [5.41, 5.74) is 0.593. The Bertz CT molecular complexity index is 641. The summed E-state index contributed by atoms with van der Waals surface area (Å²) in [4.78, 5) is 27.3. The molecule has 0 unspecified atom stereocenters. The van der Waals surface area contributed by atoms with Crippen molar-refractivity contribution < 1.29 is 14.3 Å². The van der Waals surface area contributed by atoms with E-state index in [1.54, 1.807) is 23.1 Å². The fraction of sp³-hybridized carbons (Fsp3) is 0.412. The van der Waals surface area contributed by atoms with E-state index in [-0.39, 0.29) is 18.3 Å². The first-order valence-corrected chi connectivity index (χ1v) is 8.39. The number of carbonyl (C=O) groups excluding carboxylic acids is 2. The number of benzene rings is 1. The van der Waals surface area contributed by atoms with Crippen molar-refractivity contribution in [3.8, 4) is 5.75 Å². The molecule has 0 aromatic heterocycles. The molecule has 5 nitrogen and oxygen atoms in total. The van der Waals surface area contributed by atoms with Gasteiger partial charge in [-0.2, -0.15) is 0 Å². The van der Waals surface area contributed by atoms with Gasteiger partial charge in [-0.15, -0.1) is 0 Å². The van der Waals surface area contributed by atoms with Gasteiger partial charge in [-0.3, -0.25) is 14.5 Å². The van der Waals surface area contributed by atoms with Crippen molar-refractivity contribution in [2.24, 2.45) is 0 Å². The van der Waals surface area contributed by atoms with Gasteiger partial charge in [0, 0.05) is 43.3 Å². The van der Waals surface area contributed by atoms with Gasteiger partial charge in [0.05, 0.1) is 5.02 Å². The molecule has 1 heterocycles. The maximum atomic E-state index is 12.2. The van der Waals surface area contributed by atoms with Gasteiger partial charge >= 0.3 is 0 Å². The summed E-state index contributed by atoms with van der Waals surface area (Å²) in [6, 6.07) is 4.88. The normalized spacial score (nSPS) is 15.2. The molecule has 0 aliphatic carbocycles. The lowest BCUT2D eigenvalue weighted by Gasteiger charge is -2.34. The maximum absolute atomic E-state index is 12.2. The Balaban J connectivity index is 1.78. The number of Topliss-reactive ketones (excluding diaryl/α,β-unsaturated/α-hetero) is 1. The first kappa shape index (κ1) is 18.8. The van der Waals surface area contributed by atoms with Crippen LogP contribution in [0.4, 0.5) is 0 Å². The van der Waals surface area contributed by atoms with Crippen LogP contribution >= 0.6 is 23.2 Å². The summed E-state index contributed by atoms with van der Waals surface area (Å²) in [7, 11) is 0. The van der Waals surface area contributed by atoms with E-state index >= 15 is 0 Å². The predicted molar refractivity (Wildman–Crippen MR) is 94.8 cm³/mol. The van der Waals surface area contributed by atoms with Crippen LogP contribution in [0, 0.1) is 0 Å². The minimum absolute atomic E-state index is 0.00162. The lowest BCUT2D eigenvalue weighted by Crippen LogP contribution is -2.50. The average Bonchev–Trinajstić information content (AvgIpc) is 2.54. The van der Waals surface area contributed by atoms with E-state index < -0.39 is 0 Å². The number of rotatable bonds is 6. The van der Waals surface area contributed by atoms with Gasteiger partial charge in [-0.25, -0.2) is 0 Å². The minimum atomic E-state index is -0.0916. The lowest BCUT2D eigenvalue weighted by atomic mass is 10.2. The van der Waals surface area contributed by atoms with Crippen LogP contribution in [-0.2, 0) is 9.59 Å². The number of piperazine rings is 1. The highest BCUT2D eigenvalue weighted by molar-refractivity contribution is 6.35. The number of ketones is 1. The number of hydrogen-bond donors (Lipinski definition) is 0. The highest BCUT2D eigenvalue weighted by Gasteiger charge is 2.22. The Morgan fingerprint density at radius 1 is 1.21 bits per heavy atom. The molecule has 1 aromatic rings. The van der Waals surface area contributed by atoms with E-state index in [1.165, 1.54) is 6.92 Å². The van der Waals surface area contributed by atoms with Crippen LogP contribution in [0.1, 0.15) is 6.92 Å². The molecule has 1 aliphatic rings. The molecule has 1 aliphatic heterocycles. The zero-order chi connectivity index (χ0) is 17.7. The molecular weight excluding hydrogens is 351 g/mol. The number of ether oxygens (including phenoxy) is 1. The largest absolute Gasteiger partial charge is 0.482 e. The van der Waals surface area contributed by atoms with Crippen LogP contribution in [0.5, 0.6) is 5.75 Å². The predicted octanol–water partition coefficient (Wildman–Crippen LogP) is 2.66. The van der Waals surface area contributed by atoms with Gasteiger partial charge in [0.15, 0.2) is 12.4 Å². The molecule has 130 valence electrons. The summed E-state index contributed by atoms with van der Waals surface area (Å²) in [6.07, 6.45) is 0. The molecule has 1 saturated heterocycles. The van der Waals surface area contributed by atoms with Crippen LogP contribution in [0.15, 0.2) is 30.4 Å². The first-order chi connectivity index (χ1) is 11.4. The zero-order valence-corrected chi connectivity index (χ0v) is 15.1. The molecule has 1 aromatic carbocycles. The van der Waals surface area contributed by atoms with Crippen molar-refractivity contribution in [3.63, 3.8) is 0 Å². The number of nitrogens with zero attached hydrogens (tertiary/aromatic N) is 2. The number of carbonyl (C=O) groups is 2. The Labute approximate surface area is 151 Å². The molecule has 0 radical (unpaired) electrons. The van der Waals surface area contributed by atoms with Crippen molar-refractivity contribution in [1.82, 2.24) is 9.80 Å². The Kier molecular flexibility index (Phi) is 6.66. The van der Waals surface area contributed by atoms with Crippen molar-refractivity contribution in [1.29, 1.82) is 0 Å². The third-order valence-corrected chi connectivity index (χ3v) is 4.41. The van der Waals surface area contributed by atoms with E-state index in [2.05, 4.69) is 11.5 Å². The van der Waals surface area contributed by atoms with E-state index in [0.717, 1.165) is 0 Å². The van der Waals surface area contributed by atoms with Crippen molar-refractivity contribution in [3.05, 3.63) is 40.4 Å². The van der Waals surface area contributed by atoms with E-state index in [1.807, 2.05) is 0 Å². The average molecular weight is 371 g/mol. The van der Waals surface area contributed by atoms with Crippen LogP contribution in [0.25, 0.3) is 0 Å². The molecule has 2 rings (SSSR count). The Morgan fingerprint density at radius 3 is 2.46 bits per heavy atom. The number of hydrogen-bond acceptors (Lipinski definition) is 4. The molecule has 1 fully saturated rings. The molecule has 0 spiro atoms. The zero-order valence-electron chi connectivity index (χ0n) is 13.6. The van der Waals surface area contributed by atoms with Gasteiger partial charge < -0.3 is 9.64 Å². The molecule has 0 N–H and O–H groups in total. The summed E-state index contributed by atoms with van der Waals surface area (Å²) in [5.74, 6) is 0.346. The van der Waals surface area contributed by atoms with Crippen LogP contribution < -0.4 is 4.74 Å². The summed E-state index contributed by atoms with van der Waals surface area (Å²) < 4.78 is 5.48. The summed E-state index contributed by atoms with van der Waals surface area (Å²) in [5, 5.41) is 0.893. The lowest BCUT2D eigenvalue weighted by molar-refractivity contribution is -0.135. The molecule has 7 heteroatoms. The second kappa shape index (κ2) is 8.51. The van der Waals surface area contributed by atoms with Gasteiger partial charge in [0.25, 0.3) is 5.91 Å². The van der Waals surface area contributed by atoms with E-state index in [4.69, 9.17) is 27.9 Å². The molecule has 1 amide bonds. The van der Waals surface area contributed by atoms with Crippen molar-refractivity contribution in [2.75, 3.05) is 39.3 Å². The van der Waals surface area contributed by atoms with E-state index in [9.17, 15) is 9.59 Å². The van der Waals surface area contributed by atoms with E-state index in [0.29, 0.717) is 54.1 Å². The van der Waals surface area contributed by atoms with Gasteiger partial charge in [0.1, 0.15) is 5.75 Å². The highest BCUT2D eigenvalue weighted by Crippen LogP contribution is 2.27. The Morgan fingerprint density at radius 2 is 1.88 bits per heavy atom. The molecule has 0 atom stereocenters. The number of halogens is 2. The first-order valence-electron chi connectivity index (χ1n) is 7.63. The minimum Gasteiger partial charge on any atom is -0.482 e. The van der Waals surface area contributed by atoms with Gasteiger partial charge in [0.2, 0.25) is 0 Å². The maximum Gasteiger partial charge on any atom is 0.260 e. The van der Waals surface area contributed by atoms with Crippen LogP contribution in [-0.4, -0.2) is 60.8 Å². The standard InChI is InChI=1S/C17H20Cl2N2O3/c1-12(13(2)22)10-20-5-7-21(8-6-20)17(23)11-24-16-4-3-14(18)9-15(16)19/h3-4,9H,1,5-8,10-11H2,2H3.